The molecule has 0 aliphatic rings. The number of aromatic nitrogens is 2. The summed E-state index contributed by atoms with van der Waals surface area (Å²) in [5.74, 6) is 1.32. The predicted octanol–water partition coefficient (Wildman–Crippen LogP) is 3.74. The van der Waals surface area contributed by atoms with Crippen LogP contribution < -0.4 is 9.47 Å². The fraction of sp³-hybridized carbons (Fsp3) is 0.250. The van der Waals surface area contributed by atoms with Crippen LogP contribution in [0.15, 0.2) is 36.5 Å². The number of phenolic OH excluding ortho intramolecular Hbond substituents is 2. The van der Waals surface area contributed by atoms with Crippen LogP contribution in [0.3, 0.4) is 0 Å². The molecule has 0 aliphatic heterocycles. The maximum absolute atomic E-state index is 10.4. The lowest BCUT2D eigenvalue weighted by Gasteiger charge is -2.11. The van der Waals surface area contributed by atoms with E-state index in [-0.39, 0.29) is 11.5 Å². The summed E-state index contributed by atoms with van der Waals surface area (Å²) in [6, 6.07) is 8.76. The highest BCUT2D eigenvalue weighted by Gasteiger charge is 2.18. The molecule has 6 nitrogen and oxygen atoms in total. The summed E-state index contributed by atoms with van der Waals surface area (Å²) in [5, 5.41) is 24.9. The Kier molecular flexibility index (Phi) is 4.75. The molecule has 0 fully saturated rings. The van der Waals surface area contributed by atoms with Crippen molar-refractivity contribution in [3.8, 4) is 45.4 Å². The monoisotopic (exact) mass is 354 g/mol. The number of hydrogen-bond donors (Lipinski definition) is 2. The number of hydrogen-bond acceptors (Lipinski definition) is 5. The highest BCUT2D eigenvalue weighted by molar-refractivity contribution is 5.84. The van der Waals surface area contributed by atoms with E-state index in [4.69, 9.17) is 9.47 Å². The second-order valence-corrected chi connectivity index (χ2v) is 5.99. The Morgan fingerprint density at radius 3 is 2.35 bits per heavy atom. The molecule has 0 saturated carbocycles. The molecule has 6 heteroatoms. The molecule has 1 heterocycles. The first kappa shape index (κ1) is 17.7. The summed E-state index contributed by atoms with van der Waals surface area (Å²) < 4.78 is 12.4. The van der Waals surface area contributed by atoms with E-state index < -0.39 is 0 Å². The van der Waals surface area contributed by atoms with Gasteiger partial charge in [0.05, 0.1) is 14.2 Å². The van der Waals surface area contributed by atoms with E-state index in [0.29, 0.717) is 29.2 Å². The number of nitrogens with zero attached hydrogens (tertiary/aromatic N) is 2. The molecule has 3 rings (SSSR count). The molecule has 0 bridgehead atoms. The third-order valence-electron chi connectivity index (χ3n) is 4.36. The topological polar surface area (TPSA) is 76.7 Å². The van der Waals surface area contributed by atoms with E-state index in [1.165, 1.54) is 6.07 Å². The Labute approximate surface area is 152 Å². The van der Waals surface area contributed by atoms with Gasteiger partial charge in [-0.3, -0.25) is 4.68 Å². The first-order valence-electron chi connectivity index (χ1n) is 8.29. The van der Waals surface area contributed by atoms with Gasteiger partial charge < -0.3 is 19.7 Å². The maximum Gasteiger partial charge on any atom is 0.161 e. The van der Waals surface area contributed by atoms with E-state index in [9.17, 15) is 10.2 Å². The summed E-state index contributed by atoms with van der Waals surface area (Å²) in [7, 11) is 5.00. The minimum absolute atomic E-state index is 0.0138. The number of phenols is 2. The average molecular weight is 354 g/mol. The molecule has 2 N–H and O–H groups in total. The third-order valence-corrected chi connectivity index (χ3v) is 4.36. The van der Waals surface area contributed by atoms with Crippen LogP contribution in [0, 0.1) is 0 Å². The minimum Gasteiger partial charge on any atom is -0.508 e. The van der Waals surface area contributed by atoms with Crippen LogP contribution in [0.4, 0.5) is 0 Å². The van der Waals surface area contributed by atoms with Gasteiger partial charge in [0.15, 0.2) is 11.5 Å². The Morgan fingerprint density at radius 1 is 0.962 bits per heavy atom. The lowest BCUT2D eigenvalue weighted by Crippen LogP contribution is -1.92. The minimum atomic E-state index is -0.0138. The van der Waals surface area contributed by atoms with E-state index in [1.807, 2.05) is 38.4 Å². The van der Waals surface area contributed by atoms with E-state index in [0.717, 1.165) is 16.7 Å². The molecule has 1 aromatic heterocycles. The Balaban J connectivity index is 2.19. The largest absolute Gasteiger partial charge is 0.508 e. The highest BCUT2D eigenvalue weighted by Crippen LogP contribution is 2.41. The molecule has 0 radical (unpaired) electrons. The van der Waals surface area contributed by atoms with Crippen molar-refractivity contribution in [3.05, 3.63) is 42.1 Å². The third kappa shape index (κ3) is 3.06. The van der Waals surface area contributed by atoms with Gasteiger partial charge in [-0.05, 0) is 35.7 Å². The van der Waals surface area contributed by atoms with Gasteiger partial charge in [-0.1, -0.05) is 13.0 Å². The molecule has 0 unspecified atom stereocenters. The quantitative estimate of drug-likeness (QED) is 0.730. The van der Waals surface area contributed by atoms with Crippen molar-refractivity contribution < 1.29 is 19.7 Å². The van der Waals surface area contributed by atoms with Gasteiger partial charge in [-0.2, -0.15) is 5.10 Å². The molecular formula is C20H22N2O4. The fourth-order valence-corrected chi connectivity index (χ4v) is 3.00. The normalized spacial score (nSPS) is 10.8. The second-order valence-electron chi connectivity index (χ2n) is 5.99. The molecule has 2 aromatic carbocycles. The van der Waals surface area contributed by atoms with Crippen LogP contribution in [0.1, 0.15) is 12.5 Å². The van der Waals surface area contributed by atoms with Crippen molar-refractivity contribution in [2.45, 2.75) is 13.3 Å². The van der Waals surface area contributed by atoms with Crippen LogP contribution in [0.2, 0.25) is 0 Å². The maximum atomic E-state index is 10.4. The van der Waals surface area contributed by atoms with Gasteiger partial charge in [0.2, 0.25) is 0 Å². The first-order valence-corrected chi connectivity index (χ1v) is 8.29. The molecule has 0 saturated heterocycles. The molecule has 0 spiro atoms. The standard InChI is InChI=1S/C20H22N2O4/c1-5-12-8-14(17(24)10-16(12)23)20-15(11-22(2)21-20)13-6-7-18(25-3)19(9-13)26-4/h6-11,23-24H,5H2,1-4H3. The van der Waals surface area contributed by atoms with Crippen LogP contribution in [-0.4, -0.2) is 34.2 Å². The zero-order chi connectivity index (χ0) is 18.8. The number of rotatable bonds is 5. The van der Waals surface area contributed by atoms with Gasteiger partial charge in [0.1, 0.15) is 17.2 Å². The zero-order valence-corrected chi connectivity index (χ0v) is 15.3. The van der Waals surface area contributed by atoms with Crippen molar-refractivity contribution in [2.75, 3.05) is 14.2 Å². The first-order chi connectivity index (χ1) is 12.5. The zero-order valence-electron chi connectivity index (χ0n) is 15.3. The number of methoxy groups -OCH3 is 2. The summed E-state index contributed by atoms with van der Waals surface area (Å²) in [6.45, 7) is 1.95. The second kappa shape index (κ2) is 7.00. The lowest BCUT2D eigenvalue weighted by molar-refractivity contribution is 0.355. The molecule has 0 aliphatic carbocycles. The Morgan fingerprint density at radius 2 is 1.69 bits per heavy atom. The van der Waals surface area contributed by atoms with Crippen LogP contribution in [0.25, 0.3) is 22.4 Å². The summed E-state index contributed by atoms with van der Waals surface area (Å²) in [5.41, 5.74) is 3.69. The summed E-state index contributed by atoms with van der Waals surface area (Å²) >= 11 is 0. The Bertz CT molecular complexity index is 947. The molecule has 0 atom stereocenters. The van der Waals surface area contributed by atoms with Crippen molar-refractivity contribution in [2.24, 2.45) is 7.05 Å². The van der Waals surface area contributed by atoms with Gasteiger partial charge >= 0.3 is 0 Å². The van der Waals surface area contributed by atoms with Crippen LogP contribution >= 0.6 is 0 Å². The van der Waals surface area contributed by atoms with Crippen molar-refractivity contribution in [3.63, 3.8) is 0 Å². The van der Waals surface area contributed by atoms with E-state index in [2.05, 4.69) is 5.10 Å². The molecular weight excluding hydrogens is 332 g/mol. The number of benzene rings is 2. The molecule has 3 aromatic rings. The Hall–Kier alpha value is -3.15. The molecule has 26 heavy (non-hydrogen) atoms. The number of ether oxygens (including phenoxy) is 2. The van der Waals surface area contributed by atoms with Crippen LogP contribution in [0.5, 0.6) is 23.0 Å². The number of aryl methyl sites for hydroxylation is 2. The summed E-state index contributed by atoms with van der Waals surface area (Å²) in [6.07, 6.45) is 2.53. The van der Waals surface area contributed by atoms with E-state index in [1.54, 1.807) is 25.0 Å². The van der Waals surface area contributed by atoms with Gasteiger partial charge in [-0.15, -0.1) is 0 Å². The molecule has 0 amide bonds. The van der Waals surface area contributed by atoms with E-state index >= 15 is 0 Å². The van der Waals surface area contributed by atoms with Crippen LogP contribution in [-0.2, 0) is 13.5 Å². The van der Waals surface area contributed by atoms with Gasteiger partial charge in [-0.25, -0.2) is 0 Å². The van der Waals surface area contributed by atoms with Gasteiger partial charge in [0, 0.05) is 30.4 Å². The lowest BCUT2D eigenvalue weighted by atomic mass is 9.98. The molecule has 136 valence electrons. The average Bonchev–Trinajstić information content (AvgIpc) is 3.02. The smallest absolute Gasteiger partial charge is 0.161 e. The fourth-order valence-electron chi connectivity index (χ4n) is 3.00. The van der Waals surface area contributed by atoms with Gasteiger partial charge in [0.25, 0.3) is 0 Å². The van der Waals surface area contributed by atoms with Crippen molar-refractivity contribution in [1.29, 1.82) is 0 Å². The van der Waals surface area contributed by atoms with Crippen molar-refractivity contribution >= 4 is 0 Å². The highest BCUT2D eigenvalue weighted by atomic mass is 16.5. The summed E-state index contributed by atoms with van der Waals surface area (Å²) in [4.78, 5) is 0. The number of aromatic hydroxyl groups is 2. The predicted molar refractivity (Wildman–Crippen MR) is 99.9 cm³/mol. The van der Waals surface area contributed by atoms with Crippen molar-refractivity contribution in [1.82, 2.24) is 9.78 Å². The SMILES string of the molecule is CCc1cc(-c2nn(C)cc2-c2ccc(OC)c(OC)c2)c(O)cc1O.